The molecule has 0 aromatic carbocycles. The fraction of sp³-hybridized carbons (Fsp3) is 0.733. The Kier molecular flexibility index (Phi) is 4.46. The van der Waals surface area contributed by atoms with E-state index in [1.54, 1.807) is 6.07 Å². The predicted molar refractivity (Wildman–Crippen MR) is 87.8 cm³/mol. The van der Waals surface area contributed by atoms with E-state index in [2.05, 4.69) is 18.8 Å². The number of rotatable bonds is 2. The van der Waals surface area contributed by atoms with Crippen LogP contribution in [0.15, 0.2) is 10.9 Å². The van der Waals surface area contributed by atoms with Crippen LogP contribution in [0, 0.1) is 0 Å². The van der Waals surface area contributed by atoms with Crippen molar-refractivity contribution in [2.75, 3.05) is 5.75 Å². The van der Waals surface area contributed by atoms with E-state index in [0.29, 0.717) is 21.7 Å². The van der Waals surface area contributed by atoms with Gasteiger partial charge in [0.2, 0.25) is 0 Å². The van der Waals surface area contributed by atoms with Gasteiger partial charge >= 0.3 is 0 Å². The molecule has 110 valence electrons. The monoisotopic (exact) mass is 310 g/mol. The Hall–Kier alpha value is -0.420. The van der Waals surface area contributed by atoms with Crippen molar-refractivity contribution in [3.05, 3.63) is 27.9 Å². The lowest BCUT2D eigenvalue weighted by Gasteiger charge is -2.30. The Bertz CT molecular complexity index is 525. The summed E-state index contributed by atoms with van der Waals surface area (Å²) in [6.45, 7) is 4.55. The number of hydrogen-bond acceptors (Lipinski definition) is 4. The highest BCUT2D eigenvalue weighted by atomic mass is 32.2. The van der Waals surface area contributed by atoms with E-state index in [1.807, 2.05) is 23.5 Å². The molecule has 3 unspecified atom stereocenters. The molecule has 0 radical (unpaired) electrons. The van der Waals surface area contributed by atoms with Crippen LogP contribution >= 0.6 is 23.5 Å². The number of thioether (sulfide) groups is 2. The molecule has 3 atom stereocenters. The Morgan fingerprint density at radius 3 is 2.70 bits per heavy atom. The molecule has 20 heavy (non-hydrogen) atoms. The molecule has 1 aliphatic carbocycles. The molecular formula is C15H22N2OS2. The molecule has 1 saturated carbocycles. The summed E-state index contributed by atoms with van der Waals surface area (Å²) in [5, 5.41) is 1.63. The van der Waals surface area contributed by atoms with Crippen LogP contribution in [0.2, 0.25) is 0 Å². The number of nitrogens with one attached hydrogen (secondary N) is 1. The van der Waals surface area contributed by atoms with Crippen molar-refractivity contribution in [2.24, 2.45) is 0 Å². The summed E-state index contributed by atoms with van der Waals surface area (Å²) in [7, 11) is 0. The van der Waals surface area contributed by atoms with Gasteiger partial charge in [-0.1, -0.05) is 26.7 Å². The van der Waals surface area contributed by atoms with Crippen LogP contribution in [-0.2, 0) is 0 Å². The Morgan fingerprint density at radius 1 is 1.25 bits per heavy atom. The van der Waals surface area contributed by atoms with Gasteiger partial charge < -0.3 is 4.98 Å². The van der Waals surface area contributed by atoms with Crippen molar-refractivity contribution in [3.8, 4) is 0 Å². The molecule has 5 heteroatoms. The maximum absolute atomic E-state index is 11.9. The standard InChI is InChI=1S/C15H22N2OS2/c1-9-10(2)20-13(8-19-9)15-16-12(7-14(18)17-15)11-5-3-4-6-11/h7,9-11,13H,3-6,8H2,1-2H3,(H,16,17,18). The minimum absolute atomic E-state index is 0.0220. The summed E-state index contributed by atoms with van der Waals surface area (Å²) >= 11 is 3.94. The first-order chi connectivity index (χ1) is 9.63. The lowest BCUT2D eigenvalue weighted by Crippen LogP contribution is -2.25. The molecule has 1 aromatic heterocycles. The summed E-state index contributed by atoms with van der Waals surface area (Å²) in [5.74, 6) is 2.46. The summed E-state index contributed by atoms with van der Waals surface area (Å²) in [6, 6.07) is 1.71. The van der Waals surface area contributed by atoms with Crippen molar-refractivity contribution >= 4 is 23.5 Å². The highest BCUT2D eigenvalue weighted by molar-refractivity contribution is 8.07. The van der Waals surface area contributed by atoms with Gasteiger partial charge in [-0.3, -0.25) is 4.79 Å². The second-order valence-electron chi connectivity index (χ2n) is 5.91. The van der Waals surface area contributed by atoms with Gasteiger partial charge in [0, 0.05) is 28.2 Å². The predicted octanol–water partition coefficient (Wildman–Crippen LogP) is 3.73. The average Bonchev–Trinajstić information content (AvgIpc) is 2.95. The molecule has 1 aromatic rings. The second kappa shape index (κ2) is 6.14. The lowest BCUT2D eigenvalue weighted by molar-refractivity contribution is 0.680. The first-order valence-corrected chi connectivity index (χ1v) is 9.51. The van der Waals surface area contributed by atoms with Crippen LogP contribution in [0.4, 0.5) is 0 Å². The molecule has 0 spiro atoms. The van der Waals surface area contributed by atoms with Crippen LogP contribution in [0.1, 0.15) is 62.2 Å². The van der Waals surface area contributed by atoms with Crippen LogP contribution < -0.4 is 5.56 Å². The summed E-state index contributed by atoms with van der Waals surface area (Å²) in [5.41, 5.74) is 1.05. The minimum Gasteiger partial charge on any atom is -0.310 e. The molecule has 3 nitrogen and oxygen atoms in total. The van der Waals surface area contributed by atoms with Gasteiger partial charge in [-0.05, 0) is 12.8 Å². The average molecular weight is 310 g/mol. The van der Waals surface area contributed by atoms with E-state index in [4.69, 9.17) is 4.98 Å². The van der Waals surface area contributed by atoms with Gasteiger partial charge in [-0.2, -0.15) is 11.8 Å². The number of aromatic nitrogens is 2. The fourth-order valence-corrected chi connectivity index (χ4v) is 5.87. The van der Waals surface area contributed by atoms with E-state index >= 15 is 0 Å². The van der Waals surface area contributed by atoms with Crippen LogP contribution in [-0.4, -0.2) is 26.2 Å². The molecule has 0 bridgehead atoms. The quantitative estimate of drug-likeness (QED) is 0.904. The summed E-state index contributed by atoms with van der Waals surface area (Å²) in [6.07, 6.45) is 4.93. The first kappa shape index (κ1) is 14.5. The normalized spacial score (nSPS) is 31.6. The zero-order chi connectivity index (χ0) is 14.1. The molecule has 3 rings (SSSR count). The van der Waals surface area contributed by atoms with Gasteiger partial charge in [0.15, 0.2) is 0 Å². The third-order valence-corrected chi connectivity index (χ3v) is 7.81. The number of hydrogen-bond donors (Lipinski definition) is 1. The van der Waals surface area contributed by atoms with Crippen LogP contribution in [0.3, 0.4) is 0 Å². The smallest absolute Gasteiger partial charge is 0.251 e. The van der Waals surface area contributed by atoms with Crippen molar-refractivity contribution in [3.63, 3.8) is 0 Å². The Labute approximate surface area is 128 Å². The van der Waals surface area contributed by atoms with E-state index < -0.39 is 0 Å². The van der Waals surface area contributed by atoms with Crippen LogP contribution in [0.25, 0.3) is 0 Å². The molecule has 1 N–H and O–H groups in total. The maximum Gasteiger partial charge on any atom is 0.251 e. The van der Waals surface area contributed by atoms with Gasteiger partial charge in [0.05, 0.1) is 10.9 Å². The zero-order valence-electron chi connectivity index (χ0n) is 12.1. The Morgan fingerprint density at radius 2 is 2.00 bits per heavy atom. The van der Waals surface area contributed by atoms with Crippen molar-refractivity contribution in [2.45, 2.75) is 61.2 Å². The van der Waals surface area contributed by atoms with Crippen molar-refractivity contribution in [1.29, 1.82) is 0 Å². The largest absolute Gasteiger partial charge is 0.310 e. The van der Waals surface area contributed by atoms with E-state index in [-0.39, 0.29) is 5.56 Å². The van der Waals surface area contributed by atoms with E-state index in [9.17, 15) is 4.79 Å². The molecule has 2 aliphatic rings. The lowest BCUT2D eigenvalue weighted by atomic mass is 10.0. The third-order valence-electron chi connectivity index (χ3n) is 4.41. The SMILES string of the molecule is CC1SCC(c2nc(C3CCCC3)cc(=O)[nH]2)SC1C. The summed E-state index contributed by atoms with van der Waals surface area (Å²) in [4.78, 5) is 19.7. The Balaban J connectivity index is 1.84. The van der Waals surface area contributed by atoms with Gasteiger partial charge in [0.1, 0.15) is 5.82 Å². The highest BCUT2D eigenvalue weighted by Gasteiger charge is 2.29. The molecule has 2 fully saturated rings. The molecule has 0 amide bonds. The topological polar surface area (TPSA) is 45.8 Å². The second-order valence-corrected chi connectivity index (χ2v) is 8.90. The number of nitrogens with zero attached hydrogens (tertiary/aromatic N) is 1. The zero-order valence-corrected chi connectivity index (χ0v) is 13.7. The molecular weight excluding hydrogens is 288 g/mol. The van der Waals surface area contributed by atoms with Gasteiger partial charge in [-0.15, -0.1) is 11.8 Å². The number of aromatic amines is 1. The van der Waals surface area contributed by atoms with Crippen LogP contribution in [0.5, 0.6) is 0 Å². The van der Waals surface area contributed by atoms with Crippen molar-refractivity contribution < 1.29 is 0 Å². The van der Waals surface area contributed by atoms with E-state index in [1.165, 1.54) is 25.7 Å². The molecule has 2 heterocycles. The molecule has 1 aliphatic heterocycles. The highest BCUT2D eigenvalue weighted by Crippen LogP contribution is 2.43. The third kappa shape index (κ3) is 3.08. The molecule has 1 saturated heterocycles. The summed E-state index contributed by atoms with van der Waals surface area (Å²) < 4.78 is 0. The maximum atomic E-state index is 11.9. The number of H-pyrrole nitrogens is 1. The van der Waals surface area contributed by atoms with Crippen molar-refractivity contribution in [1.82, 2.24) is 9.97 Å². The minimum atomic E-state index is 0.0220. The first-order valence-electron chi connectivity index (χ1n) is 7.51. The van der Waals surface area contributed by atoms with E-state index in [0.717, 1.165) is 17.3 Å². The fourth-order valence-electron chi connectivity index (χ4n) is 3.01. The van der Waals surface area contributed by atoms with Gasteiger partial charge in [0.25, 0.3) is 5.56 Å². The van der Waals surface area contributed by atoms with Gasteiger partial charge in [-0.25, -0.2) is 4.98 Å².